The normalized spacial score (nSPS) is 14.5. The Labute approximate surface area is 39.3 Å². The van der Waals surface area contributed by atoms with Crippen LogP contribution in [0, 0.1) is 6.42 Å². The molecular weight excluding hydrogens is 76.1 g/mol. The van der Waals surface area contributed by atoms with Gasteiger partial charge in [-0.3, -0.25) is 0 Å². The van der Waals surface area contributed by atoms with Crippen molar-refractivity contribution in [3.05, 3.63) is 6.42 Å². The second-order valence-corrected chi connectivity index (χ2v) is 1.27. The summed E-state index contributed by atoms with van der Waals surface area (Å²) in [6.07, 6.45) is 2.31. The van der Waals surface area contributed by atoms with Crippen LogP contribution in [-0.2, 0) is 4.74 Å². The van der Waals surface area contributed by atoms with E-state index < -0.39 is 0 Å². The van der Waals surface area contributed by atoms with Crippen LogP contribution in [0.3, 0.4) is 0 Å². The number of hydrogen-bond donors (Lipinski definition) is 0. The first-order chi connectivity index (χ1) is 2.81. The lowest BCUT2D eigenvalue weighted by molar-refractivity contribution is 0.144. The van der Waals surface area contributed by atoms with Gasteiger partial charge >= 0.3 is 0 Å². The standard InChI is InChI=1S/C5H11O/c1-4-5(2)6-3/h4-5H,1-3H3/t5-/m0/s1. The highest BCUT2D eigenvalue weighted by atomic mass is 16.5. The molecule has 1 radical (unpaired) electrons. The van der Waals surface area contributed by atoms with Crippen LogP contribution in [-0.4, -0.2) is 13.2 Å². The summed E-state index contributed by atoms with van der Waals surface area (Å²) in [6.45, 7) is 3.98. The van der Waals surface area contributed by atoms with Gasteiger partial charge in [-0.05, 0) is 13.3 Å². The molecule has 0 rings (SSSR count). The second kappa shape index (κ2) is 3.16. The monoisotopic (exact) mass is 87.1 g/mol. The van der Waals surface area contributed by atoms with Crippen LogP contribution in [0.5, 0.6) is 0 Å². The van der Waals surface area contributed by atoms with Crippen molar-refractivity contribution >= 4 is 0 Å². The number of ether oxygens (including phenoxy) is 1. The molecular formula is C5H11O. The Balaban J connectivity index is 2.75. The van der Waals surface area contributed by atoms with Crippen LogP contribution < -0.4 is 0 Å². The highest BCUT2D eigenvalue weighted by Crippen LogP contribution is 1.88. The maximum absolute atomic E-state index is 4.84. The van der Waals surface area contributed by atoms with Gasteiger partial charge in [0.2, 0.25) is 0 Å². The lowest BCUT2D eigenvalue weighted by Gasteiger charge is -2.01. The molecule has 1 nitrogen and oxygen atoms in total. The fourth-order valence-electron chi connectivity index (χ4n) is 0.136. The Kier molecular flexibility index (Phi) is 3.14. The van der Waals surface area contributed by atoms with Crippen LogP contribution in [0.15, 0.2) is 0 Å². The van der Waals surface area contributed by atoms with Crippen molar-refractivity contribution in [3.8, 4) is 0 Å². The molecule has 0 amide bonds. The van der Waals surface area contributed by atoms with E-state index in [1.807, 2.05) is 20.3 Å². The Morgan fingerprint density at radius 1 is 1.67 bits per heavy atom. The third-order valence-electron chi connectivity index (χ3n) is 0.841. The van der Waals surface area contributed by atoms with Gasteiger partial charge in [-0.25, -0.2) is 0 Å². The Morgan fingerprint density at radius 2 is 2.17 bits per heavy atom. The minimum Gasteiger partial charge on any atom is -0.381 e. The van der Waals surface area contributed by atoms with Crippen molar-refractivity contribution in [1.29, 1.82) is 0 Å². The smallest absolute Gasteiger partial charge is 0.0572 e. The minimum absolute atomic E-state index is 0.310. The van der Waals surface area contributed by atoms with Gasteiger partial charge in [-0.1, -0.05) is 6.92 Å². The Bertz CT molecular complexity index is 23.1. The zero-order valence-corrected chi connectivity index (χ0v) is 4.56. The lowest BCUT2D eigenvalue weighted by Crippen LogP contribution is -2.01. The predicted octanol–water partition coefficient (Wildman–Crippen LogP) is 1.25. The number of hydrogen-bond acceptors (Lipinski definition) is 1. The average molecular weight is 87.1 g/mol. The van der Waals surface area contributed by atoms with Gasteiger partial charge in [0.05, 0.1) is 6.10 Å². The highest BCUT2D eigenvalue weighted by molar-refractivity contribution is 4.63. The van der Waals surface area contributed by atoms with E-state index in [9.17, 15) is 0 Å². The Morgan fingerprint density at radius 3 is 2.17 bits per heavy atom. The van der Waals surface area contributed by atoms with E-state index in [2.05, 4.69) is 0 Å². The van der Waals surface area contributed by atoms with Crippen molar-refractivity contribution in [1.82, 2.24) is 0 Å². The first-order valence-corrected chi connectivity index (χ1v) is 2.13. The highest BCUT2D eigenvalue weighted by Gasteiger charge is 1.88. The van der Waals surface area contributed by atoms with Crippen LogP contribution >= 0.6 is 0 Å². The molecule has 0 aliphatic rings. The van der Waals surface area contributed by atoms with Gasteiger partial charge in [0.25, 0.3) is 0 Å². The summed E-state index contributed by atoms with van der Waals surface area (Å²) in [5.41, 5.74) is 0. The summed E-state index contributed by atoms with van der Waals surface area (Å²) in [4.78, 5) is 0. The van der Waals surface area contributed by atoms with Gasteiger partial charge in [0, 0.05) is 7.11 Å². The first-order valence-electron chi connectivity index (χ1n) is 2.13. The summed E-state index contributed by atoms with van der Waals surface area (Å²) in [5.74, 6) is 0. The van der Waals surface area contributed by atoms with E-state index in [1.54, 1.807) is 7.11 Å². The van der Waals surface area contributed by atoms with Gasteiger partial charge < -0.3 is 4.74 Å². The quantitative estimate of drug-likeness (QED) is 0.492. The minimum atomic E-state index is 0.310. The molecule has 0 aromatic carbocycles. The molecule has 0 spiro atoms. The fraction of sp³-hybridized carbons (Fsp3) is 0.800. The van der Waals surface area contributed by atoms with Gasteiger partial charge in [-0.2, -0.15) is 0 Å². The molecule has 0 N–H and O–H groups in total. The molecule has 0 saturated carbocycles. The SMILES string of the molecule is C[CH][C@H](C)OC. The molecule has 0 bridgehead atoms. The van der Waals surface area contributed by atoms with E-state index in [-0.39, 0.29) is 0 Å². The fourth-order valence-corrected chi connectivity index (χ4v) is 0.136. The second-order valence-electron chi connectivity index (χ2n) is 1.27. The Hall–Kier alpha value is -0.0400. The van der Waals surface area contributed by atoms with Gasteiger partial charge in [-0.15, -0.1) is 0 Å². The molecule has 0 aliphatic carbocycles. The molecule has 0 heterocycles. The van der Waals surface area contributed by atoms with Crippen LogP contribution in [0.2, 0.25) is 0 Å². The third kappa shape index (κ3) is 2.21. The zero-order valence-electron chi connectivity index (χ0n) is 4.56. The van der Waals surface area contributed by atoms with Crippen molar-refractivity contribution < 1.29 is 4.74 Å². The molecule has 6 heavy (non-hydrogen) atoms. The molecule has 0 unspecified atom stereocenters. The molecule has 1 atom stereocenters. The summed E-state index contributed by atoms with van der Waals surface area (Å²) >= 11 is 0. The molecule has 0 fully saturated rings. The summed E-state index contributed by atoms with van der Waals surface area (Å²) in [6, 6.07) is 0. The van der Waals surface area contributed by atoms with E-state index in [4.69, 9.17) is 4.74 Å². The zero-order chi connectivity index (χ0) is 4.99. The largest absolute Gasteiger partial charge is 0.381 e. The van der Waals surface area contributed by atoms with E-state index in [0.717, 1.165) is 0 Å². The van der Waals surface area contributed by atoms with Crippen LogP contribution in [0.1, 0.15) is 13.8 Å². The molecule has 0 aromatic rings. The molecule has 0 aromatic heterocycles. The average Bonchev–Trinajstić information content (AvgIpc) is 1.65. The number of methoxy groups -OCH3 is 1. The molecule has 1 heteroatoms. The van der Waals surface area contributed by atoms with Crippen molar-refractivity contribution in [3.63, 3.8) is 0 Å². The number of rotatable bonds is 2. The summed E-state index contributed by atoms with van der Waals surface area (Å²) in [7, 11) is 1.70. The van der Waals surface area contributed by atoms with Gasteiger partial charge in [0.1, 0.15) is 0 Å². The van der Waals surface area contributed by atoms with Crippen molar-refractivity contribution in [2.24, 2.45) is 0 Å². The maximum atomic E-state index is 4.84. The third-order valence-corrected chi connectivity index (χ3v) is 0.841. The topological polar surface area (TPSA) is 9.23 Å². The first kappa shape index (κ1) is 5.96. The van der Waals surface area contributed by atoms with Crippen LogP contribution in [0.4, 0.5) is 0 Å². The van der Waals surface area contributed by atoms with Gasteiger partial charge in [0.15, 0.2) is 0 Å². The summed E-state index contributed by atoms with van der Waals surface area (Å²) < 4.78 is 4.84. The predicted molar refractivity (Wildman–Crippen MR) is 26.4 cm³/mol. The molecule has 0 saturated heterocycles. The van der Waals surface area contributed by atoms with Crippen molar-refractivity contribution in [2.45, 2.75) is 20.0 Å². The van der Waals surface area contributed by atoms with E-state index in [1.165, 1.54) is 0 Å². The van der Waals surface area contributed by atoms with Crippen LogP contribution in [0.25, 0.3) is 0 Å². The van der Waals surface area contributed by atoms with E-state index in [0.29, 0.717) is 6.10 Å². The summed E-state index contributed by atoms with van der Waals surface area (Å²) in [5, 5.41) is 0. The molecule has 37 valence electrons. The van der Waals surface area contributed by atoms with E-state index >= 15 is 0 Å². The van der Waals surface area contributed by atoms with Crippen molar-refractivity contribution in [2.75, 3.05) is 7.11 Å². The maximum Gasteiger partial charge on any atom is 0.0572 e. The lowest BCUT2D eigenvalue weighted by atomic mass is 10.3. The molecule has 0 aliphatic heterocycles.